The van der Waals surface area contributed by atoms with Crippen molar-refractivity contribution >= 4 is 19.7 Å². The van der Waals surface area contributed by atoms with Gasteiger partial charge in [-0.05, 0) is 83.1 Å². The van der Waals surface area contributed by atoms with E-state index >= 15 is 0 Å². The van der Waals surface area contributed by atoms with E-state index in [1.807, 2.05) is 33.3 Å². The first kappa shape index (κ1) is 72.2. The van der Waals surface area contributed by atoms with Crippen molar-refractivity contribution in [2.45, 2.75) is 277 Å². The number of ether oxygens (including phenoxy) is 1. The minimum Gasteiger partial charge on any atom is -0.756 e. The lowest BCUT2D eigenvalue weighted by molar-refractivity contribution is -0.870. The summed E-state index contributed by atoms with van der Waals surface area (Å²) in [5.74, 6) is -0.588. The molecule has 0 aromatic rings. The number of carbonyl (C=O) groups is 2. The molecule has 0 rings (SSSR count). The molecule has 1 amide bonds. The van der Waals surface area contributed by atoms with Crippen molar-refractivity contribution in [1.29, 1.82) is 0 Å². The summed E-state index contributed by atoms with van der Waals surface area (Å²) in [5, 5.41) is 3.02. The molecule has 0 fully saturated rings. The van der Waals surface area contributed by atoms with Crippen molar-refractivity contribution in [3.63, 3.8) is 0 Å². The summed E-state index contributed by atoms with van der Waals surface area (Å²) < 4.78 is 30.3. The Morgan fingerprint density at radius 3 is 1.29 bits per heavy atom. The molecule has 3 atom stereocenters. The zero-order valence-electron chi connectivity index (χ0n) is 49.5. The van der Waals surface area contributed by atoms with Crippen LogP contribution in [0.4, 0.5) is 0 Å². The van der Waals surface area contributed by atoms with Crippen LogP contribution in [0.3, 0.4) is 0 Å². The van der Waals surface area contributed by atoms with Gasteiger partial charge in [-0.3, -0.25) is 14.2 Å². The van der Waals surface area contributed by atoms with Gasteiger partial charge in [-0.15, -0.1) is 0 Å². The highest BCUT2D eigenvalue weighted by molar-refractivity contribution is 7.45. The summed E-state index contributed by atoms with van der Waals surface area (Å²) in [7, 11) is 1.16. The molecule has 0 saturated heterocycles. The maximum atomic E-state index is 13.5. The summed E-state index contributed by atoms with van der Waals surface area (Å²) in [6.07, 6.45) is 71.2. The van der Waals surface area contributed by atoms with E-state index in [9.17, 15) is 19.0 Å². The Bertz CT molecular complexity index is 1560. The van der Waals surface area contributed by atoms with Gasteiger partial charge in [-0.25, -0.2) is 0 Å². The van der Waals surface area contributed by atoms with Gasteiger partial charge in [0.05, 0.1) is 33.8 Å². The third-order valence-corrected chi connectivity index (χ3v) is 14.3. The minimum absolute atomic E-state index is 0.0314. The molecule has 0 saturated carbocycles. The van der Waals surface area contributed by atoms with Crippen LogP contribution < -0.4 is 10.2 Å². The number of unbranched alkanes of at least 4 members (excludes halogenated alkanes) is 27. The molecule has 0 aliphatic carbocycles. The molecule has 0 aliphatic rings. The fourth-order valence-electron chi connectivity index (χ4n) is 8.58. The van der Waals surface area contributed by atoms with Gasteiger partial charge < -0.3 is 28.5 Å². The van der Waals surface area contributed by atoms with Gasteiger partial charge in [0.2, 0.25) is 5.91 Å². The van der Waals surface area contributed by atoms with Gasteiger partial charge in [0.1, 0.15) is 19.3 Å². The highest BCUT2D eigenvalue weighted by Gasteiger charge is 2.27. The number of likely N-dealkylation sites (N-methyl/N-ethyl adjacent to an activating group) is 1. The predicted octanol–water partition coefficient (Wildman–Crippen LogP) is 18.4. The number of phosphoric acid groups is 1. The summed E-state index contributed by atoms with van der Waals surface area (Å²) >= 11 is 0. The van der Waals surface area contributed by atoms with Gasteiger partial charge in [0.25, 0.3) is 7.82 Å². The molecule has 75 heavy (non-hydrogen) atoms. The van der Waals surface area contributed by atoms with Crippen molar-refractivity contribution in [3.8, 4) is 0 Å². The molecule has 1 N–H and O–H groups in total. The van der Waals surface area contributed by atoms with Gasteiger partial charge >= 0.3 is 5.97 Å². The van der Waals surface area contributed by atoms with Crippen LogP contribution in [0, 0.1) is 0 Å². The quantitative estimate of drug-likeness (QED) is 0.0212. The van der Waals surface area contributed by atoms with E-state index in [4.69, 9.17) is 13.8 Å². The minimum atomic E-state index is -4.71. The van der Waals surface area contributed by atoms with E-state index in [0.29, 0.717) is 23.9 Å². The largest absolute Gasteiger partial charge is 0.756 e. The van der Waals surface area contributed by atoms with Crippen molar-refractivity contribution in [3.05, 3.63) is 85.1 Å². The number of carbonyl (C=O) groups excluding carboxylic acids is 2. The highest BCUT2D eigenvalue weighted by Crippen LogP contribution is 2.38. The Labute approximate surface area is 463 Å². The van der Waals surface area contributed by atoms with Gasteiger partial charge in [0, 0.05) is 12.8 Å². The molecular weight excluding hydrogens is 952 g/mol. The number of allylic oxidation sites excluding steroid dienone is 13. The second kappa shape index (κ2) is 54.5. The van der Waals surface area contributed by atoms with E-state index in [2.05, 4.69) is 99.0 Å². The number of quaternary nitrogens is 1. The summed E-state index contributed by atoms with van der Waals surface area (Å²) in [6, 6.07) is -0.908. The summed E-state index contributed by atoms with van der Waals surface area (Å²) in [6.45, 7) is 6.71. The van der Waals surface area contributed by atoms with Gasteiger partial charge in [-0.2, -0.15) is 0 Å². The van der Waals surface area contributed by atoms with Crippen LogP contribution in [0.15, 0.2) is 85.1 Å². The first-order valence-corrected chi connectivity index (χ1v) is 32.4. The van der Waals surface area contributed by atoms with Crippen molar-refractivity contribution in [1.82, 2.24) is 5.32 Å². The summed E-state index contributed by atoms with van der Waals surface area (Å²) in [4.78, 5) is 40.0. The lowest BCUT2D eigenvalue weighted by Crippen LogP contribution is -2.47. The molecule has 0 radical (unpaired) electrons. The molecular formula is C65H117N2O7P. The number of nitrogens with zero attached hydrogens (tertiary/aromatic N) is 1. The third kappa shape index (κ3) is 55.7. The monoisotopic (exact) mass is 1070 g/mol. The SMILES string of the molecule is CC/C=C\C/C=C\C/C=C\C/C=C\C/C=C\C/C=C\CCCCC(=O)OC(/C=C/CCCCCCCCCCCCC)C(COP(=O)([O-])OCC[N+](C)(C)C)NC(=O)CCCCCCCCCCCCCCCCC. The third-order valence-electron chi connectivity index (χ3n) is 13.3. The zero-order valence-corrected chi connectivity index (χ0v) is 50.4. The Balaban J connectivity index is 5.37. The van der Waals surface area contributed by atoms with Crippen LogP contribution in [-0.4, -0.2) is 69.4 Å². The van der Waals surface area contributed by atoms with Gasteiger partial charge in [-0.1, -0.05) is 254 Å². The number of amides is 1. The molecule has 0 bridgehead atoms. The first-order valence-electron chi connectivity index (χ1n) is 30.9. The van der Waals surface area contributed by atoms with E-state index in [1.54, 1.807) is 0 Å². The molecule has 0 spiro atoms. The Kier molecular flexibility index (Phi) is 52.5. The molecule has 10 heteroatoms. The molecule has 0 heterocycles. The Morgan fingerprint density at radius 1 is 0.480 bits per heavy atom. The maximum absolute atomic E-state index is 13.5. The second-order valence-corrected chi connectivity index (χ2v) is 23.2. The fourth-order valence-corrected chi connectivity index (χ4v) is 9.31. The highest BCUT2D eigenvalue weighted by atomic mass is 31.2. The van der Waals surface area contributed by atoms with Crippen LogP contribution in [0.5, 0.6) is 0 Å². The molecule has 434 valence electrons. The van der Waals surface area contributed by atoms with E-state index in [1.165, 1.54) is 135 Å². The molecule has 3 unspecified atom stereocenters. The predicted molar refractivity (Wildman–Crippen MR) is 321 cm³/mol. The molecule has 9 nitrogen and oxygen atoms in total. The Hall–Kier alpha value is -2.81. The van der Waals surface area contributed by atoms with Crippen molar-refractivity contribution < 1.29 is 37.3 Å². The first-order chi connectivity index (χ1) is 36.4. The molecule has 0 aromatic carbocycles. The van der Waals surface area contributed by atoms with Crippen molar-refractivity contribution in [2.24, 2.45) is 0 Å². The number of nitrogens with one attached hydrogen (secondary N) is 1. The smallest absolute Gasteiger partial charge is 0.306 e. The van der Waals surface area contributed by atoms with Crippen LogP contribution in [0.25, 0.3) is 0 Å². The lowest BCUT2D eigenvalue weighted by atomic mass is 10.0. The number of hydrogen-bond acceptors (Lipinski definition) is 7. The maximum Gasteiger partial charge on any atom is 0.306 e. The normalized spacial score (nSPS) is 14.3. The van der Waals surface area contributed by atoms with Crippen LogP contribution in [0.1, 0.15) is 265 Å². The lowest BCUT2D eigenvalue weighted by Gasteiger charge is -2.30. The standard InChI is InChI=1S/C65H117N2O7P/c1-7-10-13-16-19-22-25-28-30-31-32-33-34-35-37-40-43-46-49-52-55-58-65(69)74-63(56-53-50-47-44-41-38-27-24-21-18-15-12-9-3)62(61-73-75(70,71)72-60-59-67(4,5)6)66-64(68)57-54-51-48-45-42-39-36-29-26-23-20-17-14-11-8-2/h10,13,19,22,28,30,32-33,35,37,43,46,53,56,62-63H,7-9,11-12,14-18,20-21,23-27,29,31,34,36,38-42,44-45,47-52,54-55,57-61H2,1-6H3,(H-,66,68,70,71)/b13-10-,22-19-,30-28-,33-32-,37-35-,46-43-,56-53+. The van der Waals surface area contributed by atoms with Crippen molar-refractivity contribution in [2.75, 3.05) is 40.9 Å². The zero-order chi connectivity index (χ0) is 55.0. The number of esters is 1. The number of rotatable bonds is 55. The Morgan fingerprint density at radius 2 is 0.853 bits per heavy atom. The average molecular weight is 1070 g/mol. The van der Waals surface area contributed by atoms with E-state index in [-0.39, 0.29) is 24.9 Å². The van der Waals surface area contributed by atoms with E-state index < -0.39 is 26.6 Å². The van der Waals surface area contributed by atoms with E-state index in [0.717, 1.165) is 89.9 Å². The summed E-state index contributed by atoms with van der Waals surface area (Å²) in [5.41, 5.74) is 0. The van der Waals surface area contributed by atoms with Crippen LogP contribution in [-0.2, 0) is 27.9 Å². The fraction of sp³-hybridized carbons (Fsp3) is 0.754. The topological polar surface area (TPSA) is 114 Å². The number of phosphoric ester groups is 1. The average Bonchev–Trinajstić information content (AvgIpc) is 3.37. The molecule has 0 aromatic heterocycles. The van der Waals surface area contributed by atoms with Gasteiger partial charge in [0.15, 0.2) is 0 Å². The second-order valence-electron chi connectivity index (χ2n) is 21.8. The van der Waals surface area contributed by atoms with Crippen LogP contribution >= 0.6 is 7.82 Å². The number of hydrogen-bond donors (Lipinski definition) is 1. The molecule has 0 aliphatic heterocycles. The van der Waals surface area contributed by atoms with Crippen LogP contribution in [0.2, 0.25) is 0 Å².